The molecule has 5 heteroatoms. The highest BCUT2D eigenvalue weighted by Crippen LogP contribution is 2.10. The molecular formula is C14H19N3O2. The standard InChI is InChI=1S/C14H19N3O2/c1-14(2,3)16-8-11-4-5-12(19-11)9-17-10-15-7-6-13(17)18/h4-7,10,16H,8-9H2,1-3H3. The van der Waals surface area contributed by atoms with Gasteiger partial charge < -0.3 is 9.73 Å². The van der Waals surface area contributed by atoms with Crippen molar-refractivity contribution in [3.8, 4) is 0 Å². The van der Waals surface area contributed by atoms with E-state index in [0.29, 0.717) is 13.1 Å². The van der Waals surface area contributed by atoms with Gasteiger partial charge in [0.15, 0.2) is 0 Å². The van der Waals surface area contributed by atoms with E-state index in [1.807, 2.05) is 12.1 Å². The van der Waals surface area contributed by atoms with E-state index in [0.717, 1.165) is 11.5 Å². The van der Waals surface area contributed by atoms with Gasteiger partial charge in [-0.15, -0.1) is 0 Å². The molecule has 5 nitrogen and oxygen atoms in total. The SMILES string of the molecule is CC(C)(C)NCc1ccc(Cn2cnccc2=O)o1. The number of hydrogen-bond acceptors (Lipinski definition) is 4. The fourth-order valence-corrected chi connectivity index (χ4v) is 1.62. The summed E-state index contributed by atoms with van der Waals surface area (Å²) in [5.74, 6) is 1.61. The summed E-state index contributed by atoms with van der Waals surface area (Å²) in [6, 6.07) is 5.25. The van der Waals surface area contributed by atoms with Gasteiger partial charge in [-0.25, -0.2) is 4.98 Å². The Morgan fingerprint density at radius 2 is 2.00 bits per heavy atom. The summed E-state index contributed by atoms with van der Waals surface area (Å²) in [6.45, 7) is 7.39. The maximum absolute atomic E-state index is 11.6. The van der Waals surface area contributed by atoms with Crippen LogP contribution in [0.3, 0.4) is 0 Å². The van der Waals surface area contributed by atoms with Crippen LogP contribution in [-0.2, 0) is 13.1 Å². The highest BCUT2D eigenvalue weighted by atomic mass is 16.3. The van der Waals surface area contributed by atoms with Crippen molar-refractivity contribution in [1.82, 2.24) is 14.9 Å². The van der Waals surface area contributed by atoms with E-state index in [-0.39, 0.29) is 11.1 Å². The van der Waals surface area contributed by atoms with Gasteiger partial charge in [0, 0.05) is 17.8 Å². The Morgan fingerprint density at radius 1 is 1.26 bits per heavy atom. The van der Waals surface area contributed by atoms with Crippen molar-refractivity contribution >= 4 is 0 Å². The van der Waals surface area contributed by atoms with Crippen LogP contribution in [-0.4, -0.2) is 15.1 Å². The van der Waals surface area contributed by atoms with Crippen molar-refractivity contribution in [3.63, 3.8) is 0 Å². The lowest BCUT2D eigenvalue weighted by Gasteiger charge is -2.19. The predicted molar refractivity (Wildman–Crippen MR) is 72.9 cm³/mol. The molecule has 0 radical (unpaired) electrons. The minimum atomic E-state index is -0.0826. The van der Waals surface area contributed by atoms with Crippen LogP contribution in [0.1, 0.15) is 32.3 Å². The molecule has 0 aliphatic rings. The van der Waals surface area contributed by atoms with Crippen LogP contribution in [0.15, 0.2) is 39.9 Å². The monoisotopic (exact) mass is 261 g/mol. The van der Waals surface area contributed by atoms with Crippen molar-refractivity contribution < 1.29 is 4.42 Å². The molecule has 0 aliphatic heterocycles. The smallest absolute Gasteiger partial charge is 0.253 e. The van der Waals surface area contributed by atoms with Gasteiger partial charge in [0.25, 0.3) is 5.56 Å². The van der Waals surface area contributed by atoms with Crippen LogP contribution in [0.4, 0.5) is 0 Å². The zero-order valence-corrected chi connectivity index (χ0v) is 11.5. The van der Waals surface area contributed by atoms with Gasteiger partial charge in [0.2, 0.25) is 0 Å². The molecule has 2 rings (SSSR count). The number of rotatable bonds is 4. The quantitative estimate of drug-likeness (QED) is 0.911. The molecule has 0 saturated heterocycles. The molecule has 1 N–H and O–H groups in total. The minimum absolute atomic E-state index is 0.0489. The normalized spacial score (nSPS) is 11.7. The van der Waals surface area contributed by atoms with Crippen LogP contribution in [0, 0.1) is 0 Å². The third-order valence-corrected chi connectivity index (χ3v) is 2.63. The maximum Gasteiger partial charge on any atom is 0.253 e. The first-order valence-corrected chi connectivity index (χ1v) is 6.27. The molecule has 2 heterocycles. The third-order valence-electron chi connectivity index (χ3n) is 2.63. The molecule has 0 aromatic carbocycles. The summed E-state index contributed by atoms with van der Waals surface area (Å²) in [6.07, 6.45) is 3.00. The van der Waals surface area contributed by atoms with Crippen molar-refractivity contribution in [1.29, 1.82) is 0 Å². The highest BCUT2D eigenvalue weighted by molar-refractivity contribution is 5.08. The summed E-state index contributed by atoms with van der Waals surface area (Å²) in [7, 11) is 0. The molecule has 0 saturated carbocycles. The Kier molecular flexibility index (Phi) is 3.85. The first-order chi connectivity index (χ1) is 8.94. The van der Waals surface area contributed by atoms with Gasteiger partial charge in [-0.05, 0) is 32.9 Å². The van der Waals surface area contributed by atoms with Gasteiger partial charge >= 0.3 is 0 Å². The second-order valence-corrected chi connectivity index (χ2v) is 5.52. The Labute approximate surface area is 112 Å². The first kappa shape index (κ1) is 13.5. The van der Waals surface area contributed by atoms with Gasteiger partial charge in [-0.2, -0.15) is 0 Å². The molecular weight excluding hydrogens is 242 g/mol. The molecule has 0 fully saturated rings. The summed E-state index contributed by atoms with van der Waals surface area (Å²) in [5, 5.41) is 3.35. The van der Waals surface area contributed by atoms with E-state index in [2.05, 4.69) is 31.1 Å². The lowest BCUT2D eigenvalue weighted by Crippen LogP contribution is -2.34. The number of furan rings is 1. The number of hydrogen-bond donors (Lipinski definition) is 1. The zero-order valence-electron chi connectivity index (χ0n) is 11.5. The molecule has 19 heavy (non-hydrogen) atoms. The van der Waals surface area contributed by atoms with E-state index in [9.17, 15) is 4.79 Å². The zero-order chi connectivity index (χ0) is 13.9. The molecule has 0 bridgehead atoms. The minimum Gasteiger partial charge on any atom is -0.463 e. The maximum atomic E-state index is 11.6. The second-order valence-electron chi connectivity index (χ2n) is 5.52. The molecule has 0 spiro atoms. The summed E-state index contributed by atoms with van der Waals surface area (Å²) in [4.78, 5) is 15.5. The Bertz CT molecular complexity index is 593. The van der Waals surface area contributed by atoms with Crippen LogP contribution in [0.25, 0.3) is 0 Å². The van der Waals surface area contributed by atoms with Gasteiger partial charge in [0.05, 0.1) is 19.4 Å². The lowest BCUT2D eigenvalue weighted by atomic mass is 10.1. The molecule has 2 aromatic heterocycles. The lowest BCUT2D eigenvalue weighted by molar-refractivity contribution is 0.375. The van der Waals surface area contributed by atoms with Crippen molar-refractivity contribution in [2.75, 3.05) is 0 Å². The van der Waals surface area contributed by atoms with Gasteiger partial charge in [0.1, 0.15) is 11.5 Å². The van der Waals surface area contributed by atoms with E-state index in [1.54, 1.807) is 0 Å². The Hall–Kier alpha value is -1.88. The van der Waals surface area contributed by atoms with Gasteiger partial charge in [-0.3, -0.25) is 9.36 Å². The predicted octanol–water partition coefficient (Wildman–Crippen LogP) is 1.77. The van der Waals surface area contributed by atoms with E-state index >= 15 is 0 Å². The second kappa shape index (κ2) is 5.40. The van der Waals surface area contributed by atoms with E-state index < -0.39 is 0 Å². The average Bonchev–Trinajstić information content (AvgIpc) is 2.77. The number of nitrogens with zero attached hydrogens (tertiary/aromatic N) is 2. The van der Waals surface area contributed by atoms with E-state index in [1.165, 1.54) is 23.2 Å². The van der Waals surface area contributed by atoms with Crippen molar-refractivity contribution in [2.45, 2.75) is 39.4 Å². The van der Waals surface area contributed by atoms with Crippen LogP contribution in [0.2, 0.25) is 0 Å². The van der Waals surface area contributed by atoms with Crippen molar-refractivity contribution in [2.24, 2.45) is 0 Å². The Morgan fingerprint density at radius 3 is 2.68 bits per heavy atom. The highest BCUT2D eigenvalue weighted by Gasteiger charge is 2.10. The number of aromatic nitrogens is 2. The molecule has 0 amide bonds. The van der Waals surface area contributed by atoms with Crippen LogP contribution in [0.5, 0.6) is 0 Å². The first-order valence-electron chi connectivity index (χ1n) is 6.27. The fourth-order valence-electron chi connectivity index (χ4n) is 1.62. The molecule has 0 atom stereocenters. The van der Waals surface area contributed by atoms with Crippen LogP contribution >= 0.6 is 0 Å². The van der Waals surface area contributed by atoms with Gasteiger partial charge in [-0.1, -0.05) is 0 Å². The average molecular weight is 261 g/mol. The largest absolute Gasteiger partial charge is 0.463 e. The molecule has 0 aliphatic carbocycles. The fraction of sp³-hybridized carbons (Fsp3) is 0.429. The van der Waals surface area contributed by atoms with Crippen LogP contribution < -0.4 is 10.9 Å². The third kappa shape index (κ3) is 4.06. The van der Waals surface area contributed by atoms with E-state index in [4.69, 9.17) is 4.42 Å². The molecule has 0 unspecified atom stereocenters. The summed E-state index contributed by atoms with van der Waals surface area (Å²) in [5.41, 5.74) is -0.0338. The Balaban J connectivity index is 2.02. The molecule has 102 valence electrons. The summed E-state index contributed by atoms with van der Waals surface area (Å²) >= 11 is 0. The number of nitrogens with one attached hydrogen (secondary N) is 1. The summed E-state index contributed by atoms with van der Waals surface area (Å²) < 4.78 is 7.20. The topological polar surface area (TPSA) is 60.1 Å². The van der Waals surface area contributed by atoms with Crippen molar-refractivity contribution in [3.05, 3.63) is 52.6 Å². The molecule has 2 aromatic rings.